The van der Waals surface area contributed by atoms with Crippen molar-refractivity contribution in [2.24, 2.45) is 0 Å². The molecule has 2 aromatic rings. The highest BCUT2D eigenvalue weighted by molar-refractivity contribution is 5.69. The van der Waals surface area contributed by atoms with Gasteiger partial charge in [0, 0.05) is 6.92 Å². The summed E-state index contributed by atoms with van der Waals surface area (Å²) in [7, 11) is 0. The number of ether oxygens (including phenoxy) is 1. The minimum atomic E-state index is -0.333. The highest BCUT2D eigenvalue weighted by atomic mass is 16.5. The van der Waals surface area contributed by atoms with Gasteiger partial charge in [0.25, 0.3) is 0 Å². The molecule has 0 fully saturated rings. The molecule has 0 saturated carbocycles. The van der Waals surface area contributed by atoms with Crippen molar-refractivity contribution in [3.8, 4) is 11.5 Å². The number of hydrogen-bond acceptors (Lipinski definition) is 4. The van der Waals surface area contributed by atoms with Crippen LogP contribution in [0.2, 0.25) is 0 Å². The topological polar surface area (TPSA) is 66.8 Å². The Kier molecular flexibility index (Phi) is 11.0. The smallest absolute Gasteiger partial charge is 0.308 e. The Morgan fingerprint density at radius 1 is 1.08 bits per heavy atom. The van der Waals surface area contributed by atoms with E-state index in [-0.39, 0.29) is 12.6 Å². The minimum Gasteiger partial charge on any atom is -0.508 e. The van der Waals surface area contributed by atoms with Gasteiger partial charge in [0.2, 0.25) is 0 Å². The van der Waals surface area contributed by atoms with Crippen LogP contribution in [0.5, 0.6) is 11.5 Å². The first-order chi connectivity index (χ1) is 11.5. The molecule has 0 amide bonds. The van der Waals surface area contributed by atoms with Crippen LogP contribution in [0.3, 0.4) is 0 Å². The van der Waals surface area contributed by atoms with E-state index in [1.807, 2.05) is 32.9 Å². The average Bonchev–Trinajstić information content (AvgIpc) is 2.58. The van der Waals surface area contributed by atoms with Gasteiger partial charge in [-0.3, -0.25) is 4.79 Å². The third-order valence-corrected chi connectivity index (χ3v) is 2.99. The number of aliphatic hydroxyl groups is 1. The molecule has 132 valence electrons. The molecule has 0 saturated heterocycles. The van der Waals surface area contributed by atoms with Gasteiger partial charge < -0.3 is 14.9 Å². The molecular weight excluding hydrogens is 304 g/mol. The standard InChI is InChI=1S/C10H12O3.C8H10O.C2H6/c1-7-5-9(6-11)3-4-10(7)13-8(2)12;1-2-7-4-3-5-8(9)6-7;1-2/h3-5,11H,6H2,1-2H3;3-6,9H,2H2,1H3;1-2H3. The third-order valence-electron chi connectivity index (χ3n) is 2.99. The van der Waals surface area contributed by atoms with E-state index in [2.05, 4.69) is 6.92 Å². The van der Waals surface area contributed by atoms with Gasteiger partial charge in [-0.05, 0) is 48.2 Å². The molecule has 0 bridgehead atoms. The number of carbonyl (C=O) groups is 1. The summed E-state index contributed by atoms with van der Waals surface area (Å²) in [6.07, 6.45) is 0.981. The number of aryl methyl sites for hydroxylation is 2. The number of aromatic hydroxyl groups is 1. The fraction of sp³-hybridized carbons (Fsp3) is 0.350. The monoisotopic (exact) mass is 332 g/mol. The molecule has 0 aliphatic carbocycles. The lowest BCUT2D eigenvalue weighted by atomic mass is 10.1. The molecule has 0 atom stereocenters. The predicted molar refractivity (Wildman–Crippen MR) is 97.2 cm³/mol. The van der Waals surface area contributed by atoms with E-state index >= 15 is 0 Å². The molecule has 4 nitrogen and oxygen atoms in total. The molecule has 2 N–H and O–H groups in total. The lowest BCUT2D eigenvalue weighted by Gasteiger charge is -2.06. The minimum absolute atomic E-state index is 0.00118. The maximum absolute atomic E-state index is 10.6. The zero-order valence-electron chi connectivity index (χ0n) is 15.2. The van der Waals surface area contributed by atoms with Gasteiger partial charge in [-0.25, -0.2) is 0 Å². The molecule has 0 aliphatic rings. The van der Waals surface area contributed by atoms with E-state index in [4.69, 9.17) is 14.9 Å². The van der Waals surface area contributed by atoms with Crippen LogP contribution in [-0.4, -0.2) is 16.2 Å². The maximum atomic E-state index is 10.6. The van der Waals surface area contributed by atoms with Crippen molar-refractivity contribution in [3.63, 3.8) is 0 Å². The van der Waals surface area contributed by atoms with Gasteiger partial charge in [0.15, 0.2) is 0 Å². The Bertz CT molecular complexity index is 621. The number of rotatable bonds is 3. The Labute approximate surface area is 144 Å². The first kappa shape index (κ1) is 21.7. The van der Waals surface area contributed by atoms with Crippen molar-refractivity contribution in [2.75, 3.05) is 0 Å². The van der Waals surface area contributed by atoms with Crippen LogP contribution in [0.15, 0.2) is 42.5 Å². The van der Waals surface area contributed by atoms with Crippen LogP contribution >= 0.6 is 0 Å². The van der Waals surface area contributed by atoms with Crippen LogP contribution in [0.1, 0.15) is 44.4 Å². The molecule has 24 heavy (non-hydrogen) atoms. The quantitative estimate of drug-likeness (QED) is 0.646. The Hall–Kier alpha value is -2.33. The highest BCUT2D eigenvalue weighted by Crippen LogP contribution is 2.19. The lowest BCUT2D eigenvalue weighted by molar-refractivity contribution is -0.131. The van der Waals surface area contributed by atoms with E-state index in [1.54, 1.807) is 30.3 Å². The normalized spacial score (nSPS) is 9.08. The summed E-state index contributed by atoms with van der Waals surface area (Å²) in [6, 6.07) is 12.5. The summed E-state index contributed by atoms with van der Waals surface area (Å²) in [6.45, 7) is 9.26. The molecule has 0 radical (unpaired) electrons. The van der Waals surface area contributed by atoms with Crippen molar-refractivity contribution in [1.29, 1.82) is 0 Å². The van der Waals surface area contributed by atoms with Gasteiger partial charge in [-0.1, -0.05) is 45.0 Å². The fourth-order valence-electron chi connectivity index (χ4n) is 1.86. The van der Waals surface area contributed by atoms with E-state index in [0.29, 0.717) is 11.5 Å². The van der Waals surface area contributed by atoms with Crippen LogP contribution in [0, 0.1) is 6.92 Å². The predicted octanol–water partition coefficient (Wildman–Crippen LogP) is 4.39. The molecular formula is C20H28O4. The summed E-state index contributed by atoms with van der Waals surface area (Å²) in [5.74, 6) is 0.568. The number of aliphatic hydroxyl groups excluding tert-OH is 1. The molecule has 0 unspecified atom stereocenters. The van der Waals surface area contributed by atoms with Crippen molar-refractivity contribution in [3.05, 3.63) is 59.2 Å². The molecule has 0 aliphatic heterocycles. The fourth-order valence-corrected chi connectivity index (χ4v) is 1.86. The summed E-state index contributed by atoms with van der Waals surface area (Å²) < 4.78 is 4.92. The van der Waals surface area contributed by atoms with Gasteiger partial charge >= 0.3 is 5.97 Å². The number of carbonyl (C=O) groups excluding carboxylic acids is 1. The number of phenols is 1. The van der Waals surface area contributed by atoms with Crippen LogP contribution in [0.25, 0.3) is 0 Å². The largest absolute Gasteiger partial charge is 0.508 e. The van der Waals surface area contributed by atoms with Crippen LogP contribution in [0.4, 0.5) is 0 Å². The summed E-state index contributed by atoms with van der Waals surface area (Å²) in [5.41, 5.74) is 2.84. The van der Waals surface area contributed by atoms with E-state index < -0.39 is 0 Å². The van der Waals surface area contributed by atoms with E-state index in [9.17, 15) is 4.79 Å². The van der Waals surface area contributed by atoms with Gasteiger partial charge in [-0.15, -0.1) is 0 Å². The van der Waals surface area contributed by atoms with Gasteiger partial charge in [0.05, 0.1) is 6.61 Å². The van der Waals surface area contributed by atoms with Crippen LogP contribution < -0.4 is 4.74 Å². The van der Waals surface area contributed by atoms with Crippen molar-refractivity contribution in [1.82, 2.24) is 0 Å². The second kappa shape index (κ2) is 12.1. The van der Waals surface area contributed by atoms with Crippen molar-refractivity contribution in [2.45, 2.75) is 47.6 Å². The summed E-state index contributed by atoms with van der Waals surface area (Å²) in [5, 5.41) is 17.8. The zero-order chi connectivity index (χ0) is 18.5. The molecule has 2 aromatic carbocycles. The number of hydrogen-bond donors (Lipinski definition) is 2. The van der Waals surface area contributed by atoms with Crippen LogP contribution in [-0.2, 0) is 17.8 Å². The molecule has 2 rings (SSSR count). The molecule has 0 spiro atoms. The Balaban J connectivity index is 0.000000420. The third kappa shape index (κ3) is 8.34. The number of phenolic OH excluding ortho intramolecular Hbond substituents is 1. The van der Waals surface area contributed by atoms with Crippen molar-refractivity contribution < 1.29 is 19.7 Å². The molecule has 0 heterocycles. The lowest BCUT2D eigenvalue weighted by Crippen LogP contribution is -2.02. The number of benzene rings is 2. The Morgan fingerprint density at radius 3 is 2.17 bits per heavy atom. The summed E-state index contributed by atoms with van der Waals surface area (Å²) >= 11 is 0. The maximum Gasteiger partial charge on any atom is 0.308 e. The van der Waals surface area contributed by atoms with Crippen molar-refractivity contribution >= 4 is 5.97 Å². The van der Waals surface area contributed by atoms with Gasteiger partial charge in [0.1, 0.15) is 11.5 Å². The zero-order valence-corrected chi connectivity index (χ0v) is 15.2. The first-order valence-corrected chi connectivity index (χ1v) is 8.13. The Morgan fingerprint density at radius 2 is 1.75 bits per heavy atom. The molecule has 4 heteroatoms. The highest BCUT2D eigenvalue weighted by Gasteiger charge is 2.02. The summed E-state index contributed by atoms with van der Waals surface area (Å²) in [4.78, 5) is 10.6. The SMILES string of the molecule is CC.CC(=O)Oc1ccc(CO)cc1C.CCc1cccc(O)c1. The van der Waals surface area contributed by atoms with Gasteiger partial charge in [-0.2, -0.15) is 0 Å². The number of esters is 1. The first-order valence-electron chi connectivity index (χ1n) is 8.13. The average molecular weight is 332 g/mol. The second-order valence-electron chi connectivity index (χ2n) is 4.88. The second-order valence-corrected chi connectivity index (χ2v) is 4.88. The van der Waals surface area contributed by atoms with E-state index in [0.717, 1.165) is 17.5 Å². The van der Waals surface area contributed by atoms with E-state index in [1.165, 1.54) is 12.5 Å². The molecule has 0 aromatic heterocycles.